The molecule has 0 aliphatic rings. The number of carbonyl (C=O) groups excluding carboxylic acids is 2. The third kappa shape index (κ3) is 2.89. The van der Waals surface area contributed by atoms with Crippen LogP contribution in [0.5, 0.6) is 0 Å². The van der Waals surface area contributed by atoms with Gasteiger partial charge in [-0.15, -0.1) is 0 Å². The highest BCUT2D eigenvalue weighted by atomic mass is 35.5. The van der Waals surface area contributed by atoms with Crippen molar-refractivity contribution in [2.75, 3.05) is 0 Å². The molecule has 0 radical (unpaired) electrons. The van der Waals surface area contributed by atoms with E-state index in [-0.39, 0.29) is 0 Å². The van der Waals surface area contributed by atoms with Gasteiger partial charge in [0.25, 0.3) is 11.8 Å². The molecule has 2 rings (SSSR count). The highest BCUT2D eigenvalue weighted by Gasteiger charge is 2.09. The molecule has 2 amide bonds. The van der Waals surface area contributed by atoms with Gasteiger partial charge in [-0.05, 0) is 30.3 Å². The minimum atomic E-state index is -0.433. The van der Waals surface area contributed by atoms with Gasteiger partial charge in [-0.25, -0.2) is 0 Å². The Hall–Kier alpha value is -2.27. The SMILES string of the molecule is O=C(NNC(=O)c1ccc[nH]1)c1cccc(Cl)c1. The molecule has 0 aliphatic carbocycles. The maximum atomic E-state index is 11.7. The summed E-state index contributed by atoms with van der Waals surface area (Å²) in [6.07, 6.45) is 1.62. The van der Waals surface area contributed by atoms with E-state index in [0.717, 1.165) is 0 Å². The number of amides is 2. The molecule has 92 valence electrons. The van der Waals surface area contributed by atoms with Gasteiger partial charge in [-0.2, -0.15) is 0 Å². The monoisotopic (exact) mass is 263 g/mol. The van der Waals surface area contributed by atoms with E-state index in [0.29, 0.717) is 16.3 Å². The Morgan fingerprint density at radius 2 is 1.83 bits per heavy atom. The van der Waals surface area contributed by atoms with Gasteiger partial charge >= 0.3 is 0 Å². The van der Waals surface area contributed by atoms with Crippen molar-refractivity contribution < 1.29 is 9.59 Å². The van der Waals surface area contributed by atoms with Crippen LogP contribution in [0.3, 0.4) is 0 Å². The molecule has 1 aromatic carbocycles. The number of nitrogens with one attached hydrogen (secondary N) is 3. The summed E-state index contributed by atoms with van der Waals surface area (Å²) in [6.45, 7) is 0. The zero-order chi connectivity index (χ0) is 13.0. The molecule has 1 aromatic heterocycles. The minimum absolute atomic E-state index is 0.362. The van der Waals surface area contributed by atoms with E-state index in [1.54, 1.807) is 36.5 Å². The van der Waals surface area contributed by atoms with Crippen LogP contribution in [0.2, 0.25) is 5.02 Å². The number of hydrogen-bond donors (Lipinski definition) is 3. The minimum Gasteiger partial charge on any atom is -0.357 e. The highest BCUT2D eigenvalue weighted by Crippen LogP contribution is 2.10. The van der Waals surface area contributed by atoms with Gasteiger partial charge in [0.2, 0.25) is 0 Å². The van der Waals surface area contributed by atoms with Crippen LogP contribution in [0.15, 0.2) is 42.6 Å². The van der Waals surface area contributed by atoms with Crippen molar-refractivity contribution in [3.63, 3.8) is 0 Å². The average molecular weight is 264 g/mol. The first-order chi connectivity index (χ1) is 8.66. The Bertz CT molecular complexity index is 566. The van der Waals surface area contributed by atoms with E-state index < -0.39 is 11.8 Å². The molecular formula is C12H10ClN3O2. The van der Waals surface area contributed by atoms with Crippen LogP contribution in [0.4, 0.5) is 0 Å². The number of carbonyl (C=O) groups is 2. The molecular weight excluding hydrogens is 254 g/mol. The summed E-state index contributed by atoms with van der Waals surface area (Å²) < 4.78 is 0. The number of hydrogen-bond acceptors (Lipinski definition) is 2. The van der Waals surface area contributed by atoms with Gasteiger partial charge in [0, 0.05) is 16.8 Å². The van der Waals surface area contributed by atoms with Gasteiger partial charge in [-0.1, -0.05) is 17.7 Å². The standard InChI is InChI=1S/C12H10ClN3O2/c13-9-4-1-3-8(7-9)11(17)15-16-12(18)10-5-2-6-14-10/h1-7,14H,(H,15,17)(H,16,18). The van der Waals surface area contributed by atoms with Crippen molar-refractivity contribution in [1.82, 2.24) is 15.8 Å². The van der Waals surface area contributed by atoms with Crippen LogP contribution < -0.4 is 10.9 Å². The van der Waals surface area contributed by atoms with Crippen LogP contribution in [0.25, 0.3) is 0 Å². The Morgan fingerprint density at radius 3 is 2.50 bits per heavy atom. The first-order valence-corrected chi connectivity index (χ1v) is 5.54. The van der Waals surface area contributed by atoms with Gasteiger partial charge in [0.15, 0.2) is 0 Å². The van der Waals surface area contributed by atoms with E-state index in [9.17, 15) is 9.59 Å². The molecule has 0 atom stereocenters. The second-order valence-electron chi connectivity index (χ2n) is 3.50. The Labute approximate surface area is 108 Å². The fourth-order valence-corrected chi connectivity index (χ4v) is 1.54. The summed E-state index contributed by atoms with van der Waals surface area (Å²) in [5.74, 6) is -0.854. The van der Waals surface area contributed by atoms with Crippen LogP contribution in [-0.4, -0.2) is 16.8 Å². The molecule has 0 spiro atoms. The van der Waals surface area contributed by atoms with Gasteiger partial charge in [0.1, 0.15) is 5.69 Å². The Morgan fingerprint density at radius 1 is 1.06 bits per heavy atom. The van der Waals surface area contributed by atoms with Crippen molar-refractivity contribution in [1.29, 1.82) is 0 Å². The summed E-state index contributed by atoms with van der Waals surface area (Å²) in [5, 5.41) is 0.457. The number of benzene rings is 1. The summed E-state index contributed by atoms with van der Waals surface area (Å²) in [4.78, 5) is 25.9. The fourth-order valence-electron chi connectivity index (χ4n) is 1.35. The van der Waals surface area contributed by atoms with Crippen molar-refractivity contribution in [3.8, 4) is 0 Å². The Kier molecular flexibility index (Phi) is 3.64. The molecule has 0 saturated carbocycles. The number of halogens is 1. The third-order valence-corrected chi connectivity index (χ3v) is 2.45. The zero-order valence-corrected chi connectivity index (χ0v) is 9.99. The van der Waals surface area contributed by atoms with Crippen molar-refractivity contribution in [3.05, 3.63) is 58.9 Å². The number of aromatic nitrogens is 1. The molecule has 0 aliphatic heterocycles. The third-order valence-electron chi connectivity index (χ3n) is 2.22. The first-order valence-electron chi connectivity index (χ1n) is 5.16. The van der Waals surface area contributed by atoms with Crippen LogP contribution >= 0.6 is 11.6 Å². The largest absolute Gasteiger partial charge is 0.357 e. The van der Waals surface area contributed by atoms with Crippen LogP contribution in [0, 0.1) is 0 Å². The predicted molar refractivity (Wildman–Crippen MR) is 67.2 cm³/mol. The van der Waals surface area contributed by atoms with Crippen molar-refractivity contribution in [2.45, 2.75) is 0 Å². The number of rotatable bonds is 2. The maximum absolute atomic E-state index is 11.7. The van der Waals surface area contributed by atoms with E-state index in [1.165, 1.54) is 6.07 Å². The number of H-pyrrole nitrogens is 1. The lowest BCUT2D eigenvalue weighted by Gasteiger charge is -2.06. The summed E-state index contributed by atoms with van der Waals surface area (Å²) in [5.41, 5.74) is 5.32. The van der Waals surface area contributed by atoms with Gasteiger partial charge in [0.05, 0.1) is 0 Å². The lowest BCUT2D eigenvalue weighted by Crippen LogP contribution is -2.41. The molecule has 0 fully saturated rings. The molecule has 3 N–H and O–H groups in total. The van der Waals surface area contributed by atoms with Crippen LogP contribution in [-0.2, 0) is 0 Å². The lowest BCUT2D eigenvalue weighted by atomic mass is 10.2. The molecule has 2 aromatic rings. The fraction of sp³-hybridized carbons (Fsp3) is 0. The van der Waals surface area contributed by atoms with E-state index in [1.807, 2.05) is 0 Å². The topological polar surface area (TPSA) is 74.0 Å². The molecule has 5 nitrogen and oxygen atoms in total. The number of aromatic amines is 1. The predicted octanol–water partition coefficient (Wildman–Crippen LogP) is 1.74. The molecule has 6 heteroatoms. The average Bonchev–Trinajstić information content (AvgIpc) is 2.89. The van der Waals surface area contributed by atoms with E-state index in [2.05, 4.69) is 15.8 Å². The summed E-state index contributed by atoms with van der Waals surface area (Å²) in [6, 6.07) is 9.72. The Balaban J connectivity index is 1.95. The quantitative estimate of drug-likeness (QED) is 0.722. The van der Waals surface area contributed by atoms with Crippen molar-refractivity contribution in [2.24, 2.45) is 0 Å². The maximum Gasteiger partial charge on any atom is 0.286 e. The van der Waals surface area contributed by atoms with Gasteiger partial charge in [-0.3, -0.25) is 20.4 Å². The zero-order valence-electron chi connectivity index (χ0n) is 9.24. The molecule has 0 bridgehead atoms. The molecule has 0 saturated heterocycles. The number of hydrazine groups is 1. The van der Waals surface area contributed by atoms with E-state index >= 15 is 0 Å². The molecule has 1 heterocycles. The smallest absolute Gasteiger partial charge is 0.286 e. The second-order valence-corrected chi connectivity index (χ2v) is 3.94. The highest BCUT2D eigenvalue weighted by molar-refractivity contribution is 6.30. The summed E-state index contributed by atoms with van der Waals surface area (Å²) in [7, 11) is 0. The normalized spacial score (nSPS) is 9.83. The molecule has 18 heavy (non-hydrogen) atoms. The second kappa shape index (κ2) is 5.37. The lowest BCUT2D eigenvalue weighted by molar-refractivity contribution is 0.0844. The first kappa shape index (κ1) is 12.2. The van der Waals surface area contributed by atoms with Crippen molar-refractivity contribution >= 4 is 23.4 Å². The van der Waals surface area contributed by atoms with Crippen LogP contribution in [0.1, 0.15) is 20.8 Å². The van der Waals surface area contributed by atoms with Gasteiger partial charge < -0.3 is 4.98 Å². The molecule has 0 unspecified atom stereocenters. The van der Waals surface area contributed by atoms with E-state index in [4.69, 9.17) is 11.6 Å². The summed E-state index contributed by atoms with van der Waals surface area (Å²) >= 11 is 5.76.